The lowest BCUT2D eigenvalue weighted by Gasteiger charge is -2.12. The number of hydrogen-bond acceptors (Lipinski definition) is 3. The Morgan fingerprint density at radius 1 is 1.19 bits per heavy atom. The van der Waals surface area contributed by atoms with Crippen LogP contribution < -0.4 is 0 Å². The molecule has 0 N–H and O–H groups in total. The lowest BCUT2D eigenvalue weighted by molar-refractivity contribution is -0.137. The number of aromatic nitrogens is 1. The van der Waals surface area contributed by atoms with Crippen molar-refractivity contribution in [2.75, 3.05) is 7.11 Å². The molecule has 0 radical (unpaired) electrons. The molecule has 1 aromatic carbocycles. The summed E-state index contributed by atoms with van der Waals surface area (Å²) < 4.78 is 56.7. The van der Waals surface area contributed by atoms with Crippen LogP contribution >= 0.6 is 0 Å². The molecule has 3 nitrogen and oxygen atoms in total. The summed E-state index contributed by atoms with van der Waals surface area (Å²) in [5, 5.41) is 0. The van der Waals surface area contributed by atoms with Gasteiger partial charge in [0.25, 0.3) is 0 Å². The first kappa shape index (κ1) is 15.0. The van der Waals surface area contributed by atoms with E-state index in [0.29, 0.717) is 0 Å². The summed E-state index contributed by atoms with van der Waals surface area (Å²) in [5.74, 6) is -1.92. The van der Waals surface area contributed by atoms with Gasteiger partial charge in [-0.25, -0.2) is 9.78 Å². The summed E-state index contributed by atoms with van der Waals surface area (Å²) in [6, 6.07) is 6.46. The van der Waals surface area contributed by atoms with E-state index in [1.807, 2.05) is 0 Å². The van der Waals surface area contributed by atoms with Crippen molar-refractivity contribution < 1.29 is 27.1 Å². The Hall–Kier alpha value is -2.44. The maximum atomic E-state index is 13.4. The second-order valence-electron chi connectivity index (χ2n) is 4.10. The first-order valence-corrected chi connectivity index (χ1v) is 5.75. The zero-order valence-corrected chi connectivity index (χ0v) is 10.7. The van der Waals surface area contributed by atoms with Crippen molar-refractivity contribution in [2.24, 2.45) is 0 Å². The Labute approximate surface area is 117 Å². The van der Waals surface area contributed by atoms with E-state index in [0.717, 1.165) is 31.4 Å². The number of carbonyl (C=O) groups is 1. The van der Waals surface area contributed by atoms with E-state index < -0.39 is 23.7 Å². The van der Waals surface area contributed by atoms with Gasteiger partial charge in [0.15, 0.2) is 0 Å². The topological polar surface area (TPSA) is 39.2 Å². The number of hydrogen-bond donors (Lipinski definition) is 0. The Morgan fingerprint density at radius 2 is 1.86 bits per heavy atom. The molecule has 0 spiro atoms. The average molecular weight is 299 g/mol. The lowest BCUT2D eigenvalue weighted by atomic mass is 10.0. The summed E-state index contributed by atoms with van der Waals surface area (Å²) in [4.78, 5) is 14.8. The number of benzene rings is 1. The van der Waals surface area contributed by atoms with Gasteiger partial charge in [-0.1, -0.05) is 18.2 Å². The molecule has 0 bridgehead atoms. The van der Waals surface area contributed by atoms with Gasteiger partial charge < -0.3 is 4.74 Å². The van der Waals surface area contributed by atoms with E-state index >= 15 is 0 Å². The molecule has 7 heteroatoms. The van der Waals surface area contributed by atoms with Crippen LogP contribution in [-0.4, -0.2) is 18.1 Å². The normalized spacial score (nSPS) is 11.3. The van der Waals surface area contributed by atoms with Crippen LogP contribution in [0.4, 0.5) is 17.6 Å². The van der Waals surface area contributed by atoms with E-state index in [9.17, 15) is 22.4 Å². The number of ether oxygens (including phenoxy) is 1. The van der Waals surface area contributed by atoms with Crippen molar-refractivity contribution in [3.05, 3.63) is 53.5 Å². The second-order valence-corrected chi connectivity index (χ2v) is 4.10. The Kier molecular flexibility index (Phi) is 3.93. The molecular formula is C14H9F4NO2. The van der Waals surface area contributed by atoms with Gasteiger partial charge in [-0.3, -0.25) is 0 Å². The molecule has 1 heterocycles. The smallest absolute Gasteiger partial charge is 0.417 e. The molecular weight excluding hydrogens is 290 g/mol. The van der Waals surface area contributed by atoms with E-state index in [1.165, 1.54) is 12.1 Å². The van der Waals surface area contributed by atoms with E-state index in [2.05, 4.69) is 9.72 Å². The number of pyridine rings is 1. The molecule has 0 aliphatic heterocycles. The number of rotatable bonds is 2. The van der Waals surface area contributed by atoms with Crippen LogP contribution in [-0.2, 0) is 10.9 Å². The van der Waals surface area contributed by atoms with Crippen molar-refractivity contribution in [1.82, 2.24) is 4.98 Å². The molecule has 110 valence electrons. The summed E-state index contributed by atoms with van der Waals surface area (Å²) in [5.41, 5.74) is -1.77. The van der Waals surface area contributed by atoms with Gasteiger partial charge in [0.05, 0.1) is 23.9 Å². The maximum absolute atomic E-state index is 13.4. The predicted octanol–water partition coefficient (Wildman–Crippen LogP) is 3.69. The number of halogens is 4. The van der Waals surface area contributed by atoms with Crippen LogP contribution in [0.1, 0.15) is 15.9 Å². The average Bonchev–Trinajstić information content (AvgIpc) is 2.45. The summed E-state index contributed by atoms with van der Waals surface area (Å²) in [6.07, 6.45) is -4.62. The first-order chi connectivity index (χ1) is 9.82. The first-order valence-electron chi connectivity index (χ1n) is 5.75. The molecule has 0 aliphatic rings. The SMILES string of the molecule is COC(=O)c1cc(F)nc(-c2ccccc2C(F)(F)F)c1. The third kappa shape index (κ3) is 3.18. The predicted molar refractivity (Wildman–Crippen MR) is 66.0 cm³/mol. The summed E-state index contributed by atoms with van der Waals surface area (Å²) >= 11 is 0. The zero-order valence-electron chi connectivity index (χ0n) is 10.7. The van der Waals surface area contributed by atoms with Gasteiger partial charge >= 0.3 is 12.1 Å². The number of carbonyl (C=O) groups excluding carboxylic acids is 1. The summed E-state index contributed by atoms with van der Waals surface area (Å²) in [6.45, 7) is 0. The highest BCUT2D eigenvalue weighted by atomic mass is 19.4. The largest absolute Gasteiger partial charge is 0.465 e. The van der Waals surface area contributed by atoms with Gasteiger partial charge in [-0.05, 0) is 12.1 Å². The quantitative estimate of drug-likeness (QED) is 0.482. The molecule has 0 saturated carbocycles. The molecule has 21 heavy (non-hydrogen) atoms. The van der Waals surface area contributed by atoms with E-state index in [4.69, 9.17) is 0 Å². The van der Waals surface area contributed by atoms with Gasteiger partial charge in [-0.15, -0.1) is 0 Å². The van der Waals surface area contributed by atoms with Crippen molar-refractivity contribution in [3.63, 3.8) is 0 Å². The number of alkyl halides is 3. The highest BCUT2D eigenvalue weighted by molar-refractivity contribution is 5.90. The molecule has 0 saturated heterocycles. The van der Waals surface area contributed by atoms with Crippen LogP contribution in [0.5, 0.6) is 0 Å². The Balaban J connectivity index is 2.63. The minimum atomic E-state index is -4.62. The third-order valence-corrected chi connectivity index (χ3v) is 2.72. The highest BCUT2D eigenvalue weighted by Crippen LogP contribution is 2.36. The maximum Gasteiger partial charge on any atom is 0.417 e. The number of nitrogens with zero attached hydrogens (tertiary/aromatic N) is 1. The number of esters is 1. The zero-order chi connectivity index (χ0) is 15.6. The molecule has 1 aromatic heterocycles. The molecule has 0 unspecified atom stereocenters. The van der Waals surface area contributed by atoms with Gasteiger partial charge in [0.2, 0.25) is 5.95 Å². The minimum absolute atomic E-state index is 0.211. The van der Waals surface area contributed by atoms with Gasteiger partial charge in [0.1, 0.15) is 0 Å². The molecule has 2 aromatic rings. The highest BCUT2D eigenvalue weighted by Gasteiger charge is 2.33. The lowest BCUT2D eigenvalue weighted by Crippen LogP contribution is -2.09. The Bertz CT molecular complexity index is 683. The van der Waals surface area contributed by atoms with Crippen molar-refractivity contribution in [3.8, 4) is 11.3 Å². The minimum Gasteiger partial charge on any atom is -0.465 e. The van der Waals surface area contributed by atoms with Crippen molar-refractivity contribution >= 4 is 5.97 Å². The van der Waals surface area contributed by atoms with Crippen LogP contribution in [0.2, 0.25) is 0 Å². The molecule has 0 amide bonds. The van der Waals surface area contributed by atoms with E-state index in [-0.39, 0.29) is 16.8 Å². The molecule has 2 rings (SSSR count). The summed E-state index contributed by atoms with van der Waals surface area (Å²) in [7, 11) is 1.09. The third-order valence-electron chi connectivity index (χ3n) is 2.72. The standard InChI is InChI=1S/C14H9F4NO2/c1-21-13(20)8-6-11(19-12(15)7-8)9-4-2-3-5-10(9)14(16,17)18/h2-7H,1H3. The molecule has 0 atom stereocenters. The monoisotopic (exact) mass is 299 g/mol. The van der Waals surface area contributed by atoms with Crippen molar-refractivity contribution in [2.45, 2.75) is 6.18 Å². The second kappa shape index (κ2) is 5.51. The molecule has 0 fully saturated rings. The molecule has 0 aliphatic carbocycles. The van der Waals surface area contributed by atoms with Crippen LogP contribution in [0.15, 0.2) is 36.4 Å². The van der Waals surface area contributed by atoms with Crippen molar-refractivity contribution in [1.29, 1.82) is 0 Å². The fourth-order valence-corrected chi connectivity index (χ4v) is 1.82. The fourth-order valence-electron chi connectivity index (χ4n) is 1.82. The van der Waals surface area contributed by atoms with Gasteiger partial charge in [-0.2, -0.15) is 17.6 Å². The van der Waals surface area contributed by atoms with Crippen LogP contribution in [0.3, 0.4) is 0 Å². The Morgan fingerprint density at radius 3 is 2.48 bits per heavy atom. The van der Waals surface area contributed by atoms with Gasteiger partial charge in [0, 0.05) is 11.6 Å². The van der Waals surface area contributed by atoms with E-state index in [1.54, 1.807) is 0 Å². The van der Waals surface area contributed by atoms with Crippen LogP contribution in [0.25, 0.3) is 11.3 Å². The number of methoxy groups -OCH3 is 1. The van der Waals surface area contributed by atoms with Crippen LogP contribution in [0, 0.1) is 5.95 Å². The fraction of sp³-hybridized carbons (Fsp3) is 0.143.